The van der Waals surface area contributed by atoms with Crippen molar-refractivity contribution in [3.63, 3.8) is 0 Å². The maximum Gasteiger partial charge on any atom is 0.194 e. The van der Waals surface area contributed by atoms with Gasteiger partial charge in [-0.05, 0) is 30.2 Å². The molecule has 0 saturated carbocycles. The van der Waals surface area contributed by atoms with Crippen molar-refractivity contribution in [3.8, 4) is 5.75 Å². The van der Waals surface area contributed by atoms with Gasteiger partial charge in [0.1, 0.15) is 5.75 Å². The molecule has 2 N–H and O–H groups in total. The molecule has 1 heterocycles. The van der Waals surface area contributed by atoms with Crippen LogP contribution in [0.25, 0.3) is 0 Å². The van der Waals surface area contributed by atoms with Gasteiger partial charge in [-0.3, -0.25) is 4.99 Å². The van der Waals surface area contributed by atoms with E-state index in [0.29, 0.717) is 5.75 Å². The first-order valence-corrected chi connectivity index (χ1v) is 8.72. The van der Waals surface area contributed by atoms with E-state index < -0.39 is 0 Å². The molecule has 1 fully saturated rings. The number of aromatic hydroxyl groups is 1. The van der Waals surface area contributed by atoms with Gasteiger partial charge in [0.05, 0.1) is 5.69 Å². The van der Waals surface area contributed by atoms with Gasteiger partial charge in [-0.1, -0.05) is 36.4 Å². The van der Waals surface area contributed by atoms with Crippen LogP contribution in [0.2, 0.25) is 0 Å². The summed E-state index contributed by atoms with van der Waals surface area (Å²) in [5, 5.41) is 13.5. The number of benzene rings is 2. The van der Waals surface area contributed by atoms with Gasteiger partial charge in [0.2, 0.25) is 0 Å². The number of rotatable bonds is 3. The number of piperazine rings is 1. The van der Waals surface area contributed by atoms with Crippen LogP contribution >= 0.6 is 0 Å². The van der Waals surface area contributed by atoms with Gasteiger partial charge in [-0.2, -0.15) is 0 Å². The van der Waals surface area contributed by atoms with Crippen LogP contribution in [0.3, 0.4) is 0 Å². The normalized spacial score (nSPS) is 15.4. The van der Waals surface area contributed by atoms with Gasteiger partial charge in [-0.15, -0.1) is 0 Å². The highest BCUT2D eigenvalue weighted by Crippen LogP contribution is 2.27. The minimum absolute atomic E-state index is 0.345. The fraction of sp³-hybridized carbons (Fsp3) is 0.350. The molecule has 1 aliphatic rings. The average molecular weight is 338 g/mol. The molecule has 0 aliphatic carbocycles. The number of hydrogen-bond donors (Lipinski definition) is 2. The third-order valence-electron chi connectivity index (χ3n) is 4.71. The van der Waals surface area contributed by atoms with E-state index >= 15 is 0 Å². The molecule has 3 rings (SSSR count). The lowest BCUT2D eigenvalue weighted by atomic mass is 10.1. The van der Waals surface area contributed by atoms with Crippen molar-refractivity contribution in [2.45, 2.75) is 13.5 Å². The lowest BCUT2D eigenvalue weighted by Crippen LogP contribution is -2.52. The Morgan fingerprint density at radius 2 is 1.72 bits per heavy atom. The molecule has 1 saturated heterocycles. The van der Waals surface area contributed by atoms with E-state index in [4.69, 9.17) is 0 Å². The molecule has 0 atom stereocenters. The van der Waals surface area contributed by atoms with Gasteiger partial charge in [0.25, 0.3) is 0 Å². The number of aryl methyl sites for hydroxylation is 1. The Morgan fingerprint density at radius 3 is 2.40 bits per heavy atom. The monoisotopic (exact) mass is 338 g/mol. The van der Waals surface area contributed by atoms with E-state index in [2.05, 4.69) is 51.3 Å². The van der Waals surface area contributed by atoms with Crippen molar-refractivity contribution in [1.82, 2.24) is 10.2 Å². The number of para-hydroxylation sites is 2. The largest absolute Gasteiger partial charge is 0.506 e. The summed E-state index contributed by atoms with van der Waals surface area (Å²) >= 11 is 0. The van der Waals surface area contributed by atoms with Crippen molar-refractivity contribution >= 4 is 11.6 Å². The first-order chi connectivity index (χ1) is 12.2. The second-order valence-electron chi connectivity index (χ2n) is 6.29. The Bertz CT molecular complexity index is 736. The molecule has 0 bridgehead atoms. The van der Waals surface area contributed by atoms with Crippen molar-refractivity contribution < 1.29 is 5.11 Å². The van der Waals surface area contributed by atoms with Crippen LogP contribution in [0.4, 0.5) is 5.69 Å². The topological polar surface area (TPSA) is 51.1 Å². The van der Waals surface area contributed by atoms with Gasteiger partial charge >= 0.3 is 0 Å². The van der Waals surface area contributed by atoms with E-state index in [1.54, 1.807) is 6.07 Å². The van der Waals surface area contributed by atoms with Crippen LogP contribution in [0.5, 0.6) is 5.75 Å². The van der Waals surface area contributed by atoms with E-state index in [-0.39, 0.29) is 0 Å². The lowest BCUT2D eigenvalue weighted by Gasteiger charge is -2.37. The smallest absolute Gasteiger partial charge is 0.194 e. The maximum atomic E-state index is 10.0. The number of guanidine groups is 1. The Morgan fingerprint density at radius 1 is 1.04 bits per heavy atom. The summed E-state index contributed by atoms with van der Waals surface area (Å²) < 4.78 is 0. The van der Waals surface area contributed by atoms with Gasteiger partial charge in [-0.25, -0.2) is 0 Å². The average Bonchev–Trinajstić information content (AvgIpc) is 2.65. The summed E-state index contributed by atoms with van der Waals surface area (Å²) in [5.41, 5.74) is 3.48. The molecule has 0 aromatic heterocycles. The minimum Gasteiger partial charge on any atom is -0.506 e. The fourth-order valence-electron chi connectivity index (χ4n) is 3.21. The van der Waals surface area contributed by atoms with Gasteiger partial charge < -0.3 is 20.2 Å². The number of phenolic OH excluding ortho intramolecular Hbond substituents is 1. The molecule has 5 nitrogen and oxygen atoms in total. The molecule has 5 heteroatoms. The maximum absolute atomic E-state index is 10.0. The third-order valence-corrected chi connectivity index (χ3v) is 4.71. The molecule has 2 aromatic carbocycles. The summed E-state index contributed by atoms with van der Waals surface area (Å²) in [6.45, 7) is 6.39. The third kappa shape index (κ3) is 4.05. The fourth-order valence-corrected chi connectivity index (χ4v) is 3.21. The standard InChI is InChI=1S/C20H26N4O/c1-16-7-3-4-8-17(16)15-22-20(21-2)24-13-11-23(12-14-24)18-9-5-6-10-19(18)25/h3-10,25H,11-15H2,1-2H3,(H,21,22). The predicted octanol–water partition coefficient (Wildman–Crippen LogP) is 2.60. The summed E-state index contributed by atoms with van der Waals surface area (Å²) in [6.07, 6.45) is 0. The number of anilines is 1. The first kappa shape index (κ1) is 17.1. The summed E-state index contributed by atoms with van der Waals surface area (Å²) in [4.78, 5) is 8.93. The molecule has 2 aromatic rings. The zero-order chi connectivity index (χ0) is 17.6. The van der Waals surface area contributed by atoms with Gasteiger partial charge in [0, 0.05) is 39.8 Å². The molecule has 0 radical (unpaired) electrons. The molecular formula is C20H26N4O. The van der Waals surface area contributed by atoms with Crippen LogP contribution < -0.4 is 10.2 Å². The summed E-state index contributed by atoms with van der Waals surface area (Å²) in [5.74, 6) is 1.28. The second kappa shape index (κ2) is 7.92. The Balaban J connectivity index is 1.57. The number of hydrogen-bond acceptors (Lipinski definition) is 3. The van der Waals surface area contributed by atoms with Crippen molar-refractivity contribution in [1.29, 1.82) is 0 Å². The molecule has 1 aliphatic heterocycles. The van der Waals surface area contributed by atoms with E-state index in [1.807, 2.05) is 25.2 Å². The SMILES string of the molecule is CN=C(NCc1ccccc1C)N1CCN(c2ccccc2O)CC1. The van der Waals surface area contributed by atoms with Crippen LogP contribution in [-0.2, 0) is 6.54 Å². The van der Waals surface area contributed by atoms with Gasteiger partial charge in [0.15, 0.2) is 5.96 Å². The van der Waals surface area contributed by atoms with Crippen LogP contribution in [0, 0.1) is 6.92 Å². The Kier molecular flexibility index (Phi) is 5.43. The number of nitrogens with one attached hydrogen (secondary N) is 1. The molecule has 132 valence electrons. The lowest BCUT2D eigenvalue weighted by molar-refractivity contribution is 0.369. The zero-order valence-corrected chi connectivity index (χ0v) is 14.9. The number of phenols is 1. The number of nitrogens with zero attached hydrogens (tertiary/aromatic N) is 3. The van der Waals surface area contributed by atoms with E-state index in [0.717, 1.165) is 44.4 Å². The van der Waals surface area contributed by atoms with Crippen LogP contribution in [0.1, 0.15) is 11.1 Å². The quantitative estimate of drug-likeness (QED) is 0.667. The highest BCUT2D eigenvalue weighted by Gasteiger charge is 2.21. The number of aliphatic imine (C=N–C) groups is 1. The molecule has 25 heavy (non-hydrogen) atoms. The highest BCUT2D eigenvalue weighted by molar-refractivity contribution is 5.80. The molecule has 0 spiro atoms. The molecule has 0 unspecified atom stereocenters. The van der Waals surface area contributed by atoms with Crippen molar-refractivity contribution in [2.24, 2.45) is 4.99 Å². The van der Waals surface area contributed by atoms with Crippen LogP contribution in [0.15, 0.2) is 53.5 Å². The van der Waals surface area contributed by atoms with Crippen LogP contribution in [-0.4, -0.2) is 49.2 Å². The molecule has 0 amide bonds. The Hall–Kier alpha value is -2.69. The summed E-state index contributed by atoms with van der Waals surface area (Å²) in [7, 11) is 1.83. The zero-order valence-electron chi connectivity index (χ0n) is 14.9. The summed E-state index contributed by atoms with van der Waals surface area (Å²) in [6, 6.07) is 15.9. The van der Waals surface area contributed by atoms with Crippen molar-refractivity contribution in [3.05, 3.63) is 59.7 Å². The van der Waals surface area contributed by atoms with E-state index in [1.165, 1.54) is 11.1 Å². The first-order valence-electron chi connectivity index (χ1n) is 8.72. The second-order valence-corrected chi connectivity index (χ2v) is 6.29. The van der Waals surface area contributed by atoms with Crippen molar-refractivity contribution in [2.75, 3.05) is 38.1 Å². The van der Waals surface area contributed by atoms with E-state index in [9.17, 15) is 5.11 Å². The Labute approximate surface area is 149 Å². The predicted molar refractivity (Wildman–Crippen MR) is 103 cm³/mol. The highest BCUT2D eigenvalue weighted by atomic mass is 16.3. The molecular weight excluding hydrogens is 312 g/mol. The minimum atomic E-state index is 0.345.